The highest BCUT2D eigenvalue weighted by molar-refractivity contribution is 6.26. The van der Waals surface area contributed by atoms with Gasteiger partial charge in [0.2, 0.25) is 0 Å². The summed E-state index contributed by atoms with van der Waals surface area (Å²) in [7, 11) is 0. The number of nitrogens with one attached hydrogen (secondary N) is 1. The summed E-state index contributed by atoms with van der Waals surface area (Å²) < 4.78 is 0. The lowest BCUT2D eigenvalue weighted by Gasteiger charge is -2.28. The van der Waals surface area contributed by atoms with E-state index in [1.807, 2.05) is 6.92 Å². The lowest BCUT2D eigenvalue weighted by molar-refractivity contribution is -0.129. The number of rotatable bonds is 6. The molecule has 24 heavy (non-hydrogen) atoms. The average Bonchev–Trinajstić information content (AvgIpc) is 2.54. The maximum absolute atomic E-state index is 12.7. The Kier molecular flexibility index (Phi) is 6.60. The molecule has 2 rings (SSSR count). The van der Waals surface area contributed by atoms with Crippen molar-refractivity contribution in [2.24, 2.45) is 5.92 Å². The van der Waals surface area contributed by atoms with Crippen LogP contribution in [0.4, 0.5) is 0 Å². The van der Waals surface area contributed by atoms with E-state index >= 15 is 0 Å². The van der Waals surface area contributed by atoms with Gasteiger partial charge in [0.25, 0.3) is 0 Å². The normalized spacial score (nSPS) is 25.1. The van der Waals surface area contributed by atoms with E-state index in [0.29, 0.717) is 44.1 Å². The molecule has 5 nitrogen and oxygen atoms in total. The Morgan fingerprint density at radius 1 is 1.08 bits per heavy atom. The summed E-state index contributed by atoms with van der Waals surface area (Å²) in [4.78, 5) is 49.1. The molecule has 132 valence electrons. The Morgan fingerprint density at radius 3 is 2.29 bits per heavy atom. The zero-order chi connectivity index (χ0) is 17.7. The minimum Gasteiger partial charge on any atom is -0.314 e. The minimum absolute atomic E-state index is 0.113. The van der Waals surface area contributed by atoms with E-state index in [-0.39, 0.29) is 47.1 Å². The minimum atomic E-state index is -0.275. The molecule has 0 spiro atoms. The molecular formula is C19H27NO4. The highest BCUT2D eigenvalue weighted by Crippen LogP contribution is 2.28. The van der Waals surface area contributed by atoms with E-state index in [1.165, 1.54) is 0 Å². The first-order valence-electron chi connectivity index (χ1n) is 9.06. The molecule has 2 saturated carbocycles. The van der Waals surface area contributed by atoms with E-state index in [2.05, 4.69) is 5.32 Å². The first kappa shape index (κ1) is 18.7. The van der Waals surface area contributed by atoms with Gasteiger partial charge < -0.3 is 5.32 Å². The van der Waals surface area contributed by atoms with Gasteiger partial charge in [-0.25, -0.2) is 0 Å². The number of carbonyl (C=O) groups excluding carboxylic acids is 4. The molecule has 0 aliphatic heterocycles. The van der Waals surface area contributed by atoms with Gasteiger partial charge in [0.05, 0.1) is 5.57 Å². The van der Waals surface area contributed by atoms with Crippen LogP contribution in [-0.4, -0.2) is 35.7 Å². The van der Waals surface area contributed by atoms with Crippen LogP contribution in [0.5, 0.6) is 0 Å². The van der Waals surface area contributed by atoms with Crippen molar-refractivity contribution in [1.82, 2.24) is 5.32 Å². The Hall–Kier alpha value is -1.62. The number of hydrogen-bond acceptors (Lipinski definition) is 5. The molecule has 0 radical (unpaired) electrons. The van der Waals surface area contributed by atoms with Crippen LogP contribution in [0.25, 0.3) is 0 Å². The van der Waals surface area contributed by atoms with Gasteiger partial charge in [0.15, 0.2) is 17.3 Å². The monoisotopic (exact) mass is 333 g/mol. The molecule has 0 heterocycles. The van der Waals surface area contributed by atoms with Crippen molar-refractivity contribution in [3.8, 4) is 0 Å². The molecule has 0 aromatic carbocycles. The van der Waals surface area contributed by atoms with Crippen LogP contribution in [0.1, 0.15) is 65.2 Å². The lowest BCUT2D eigenvalue weighted by Crippen LogP contribution is -2.38. The summed E-state index contributed by atoms with van der Waals surface area (Å²) in [5, 5.41) is 3.28. The van der Waals surface area contributed by atoms with Crippen molar-refractivity contribution < 1.29 is 19.2 Å². The maximum Gasteiger partial charge on any atom is 0.166 e. The van der Waals surface area contributed by atoms with E-state index in [1.54, 1.807) is 6.92 Å². The fraction of sp³-hybridized carbons (Fsp3) is 0.684. The van der Waals surface area contributed by atoms with Gasteiger partial charge in [0.1, 0.15) is 5.78 Å². The number of ketones is 4. The molecule has 0 aromatic rings. The summed E-state index contributed by atoms with van der Waals surface area (Å²) in [5.41, 5.74) is 0.453. The largest absolute Gasteiger partial charge is 0.314 e. The third-order valence-corrected chi connectivity index (χ3v) is 5.05. The molecule has 2 aliphatic rings. The Labute approximate surface area is 143 Å². The van der Waals surface area contributed by atoms with Gasteiger partial charge in [0, 0.05) is 43.2 Å². The number of allylic oxidation sites excluding steroid dienone is 2. The molecule has 2 atom stereocenters. The van der Waals surface area contributed by atoms with E-state index in [0.717, 1.165) is 13.0 Å². The van der Waals surface area contributed by atoms with Crippen LogP contribution >= 0.6 is 0 Å². The fourth-order valence-corrected chi connectivity index (χ4v) is 3.77. The van der Waals surface area contributed by atoms with Gasteiger partial charge >= 0.3 is 0 Å². The second-order valence-corrected chi connectivity index (χ2v) is 6.73. The molecule has 0 saturated heterocycles. The molecule has 0 amide bonds. The maximum atomic E-state index is 12.7. The molecule has 0 aromatic heterocycles. The molecular weight excluding hydrogens is 306 g/mol. The third kappa shape index (κ3) is 4.26. The quantitative estimate of drug-likeness (QED) is 0.596. The lowest BCUT2D eigenvalue weighted by atomic mass is 9.79. The molecule has 5 heteroatoms. The van der Waals surface area contributed by atoms with Crippen LogP contribution in [0, 0.1) is 5.92 Å². The van der Waals surface area contributed by atoms with Crippen LogP contribution in [0.15, 0.2) is 11.1 Å². The molecule has 2 fully saturated rings. The third-order valence-electron chi connectivity index (χ3n) is 5.05. The molecule has 2 unspecified atom stereocenters. The Morgan fingerprint density at radius 2 is 1.75 bits per heavy atom. The van der Waals surface area contributed by atoms with Crippen LogP contribution < -0.4 is 5.32 Å². The second kappa shape index (κ2) is 8.47. The topological polar surface area (TPSA) is 80.3 Å². The van der Waals surface area contributed by atoms with E-state index in [9.17, 15) is 19.2 Å². The number of Topliss-reactive ketones (excluding diaryl/α,β-unsaturated/α-hetero) is 4. The first-order chi connectivity index (χ1) is 11.5. The highest BCUT2D eigenvalue weighted by Gasteiger charge is 2.33. The summed E-state index contributed by atoms with van der Waals surface area (Å²) in [6.07, 6.45) is 3.78. The van der Waals surface area contributed by atoms with Crippen LogP contribution in [-0.2, 0) is 19.2 Å². The van der Waals surface area contributed by atoms with Crippen molar-refractivity contribution >= 4 is 23.1 Å². The standard InChI is InChI=1S/C19H27NO4/c1-3-14(19-15(21)6-5-7-16(19)22)18(24)10-12-8-9-13(20-4-2)11-17(12)23/h12-13,20H,3-11H2,1-2H3. The van der Waals surface area contributed by atoms with Crippen molar-refractivity contribution in [1.29, 1.82) is 0 Å². The summed E-state index contributed by atoms with van der Waals surface area (Å²) in [6.45, 7) is 4.63. The molecule has 2 aliphatic carbocycles. The summed E-state index contributed by atoms with van der Waals surface area (Å²) in [5.74, 6) is -0.778. The van der Waals surface area contributed by atoms with Gasteiger partial charge in [-0.15, -0.1) is 0 Å². The Bertz CT molecular complexity index is 558. The number of hydrogen-bond donors (Lipinski definition) is 1. The molecule has 1 N–H and O–H groups in total. The van der Waals surface area contributed by atoms with Crippen molar-refractivity contribution in [2.45, 2.75) is 71.3 Å². The first-order valence-corrected chi connectivity index (χ1v) is 9.06. The van der Waals surface area contributed by atoms with Crippen molar-refractivity contribution in [3.63, 3.8) is 0 Å². The summed E-state index contributed by atoms with van der Waals surface area (Å²) >= 11 is 0. The summed E-state index contributed by atoms with van der Waals surface area (Å²) in [6, 6.07) is 0.208. The zero-order valence-corrected chi connectivity index (χ0v) is 14.7. The SMILES string of the molecule is CCNC1CCC(CC(=O)C(CC)=C2C(=O)CCCC2=O)C(=O)C1. The smallest absolute Gasteiger partial charge is 0.166 e. The van der Waals surface area contributed by atoms with Gasteiger partial charge in [-0.1, -0.05) is 13.8 Å². The predicted octanol–water partition coefficient (Wildman–Crippen LogP) is 2.32. The van der Waals surface area contributed by atoms with Crippen molar-refractivity contribution in [2.75, 3.05) is 6.54 Å². The van der Waals surface area contributed by atoms with E-state index < -0.39 is 0 Å². The Balaban J connectivity index is 2.09. The number of carbonyl (C=O) groups is 4. The highest BCUT2D eigenvalue weighted by atomic mass is 16.2. The molecule has 0 bridgehead atoms. The van der Waals surface area contributed by atoms with E-state index in [4.69, 9.17) is 0 Å². The fourth-order valence-electron chi connectivity index (χ4n) is 3.77. The van der Waals surface area contributed by atoms with Gasteiger partial charge in [-0.3, -0.25) is 19.2 Å². The predicted molar refractivity (Wildman–Crippen MR) is 90.6 cm³/mol. The van der Waals surface area contributed by atoms with Crippen LogP contribution in [0.2, 0.25) is 0 Å². The van der Waals surface area contributed by atoms with Crippen molar-refractivity contribution in [3.05, 3.63) is 11.1 Å². The van der Waals surface area contributed by atoms with Gasteiger partial charge in [-0.2, -0.15) is 0 Å². The van der Waals surface area contributed by atoms with Crippen LogP contribution in [0.3, 0.4) is 0 Å². The average molecular weight is 333 g/mol. The van der Waals surface area contributed by atoms with Gasteiger partial charge in [-0.05, 0) is 32.2 Å². The second-order valence-electron chi connectivity index (χ2n) is 6.73. The zero-order valence-electron chi connectivity index (χ0n) is 14.7.